The lowest BCUT2D eigenvalue weighted by atomic mass is 10.3. The molecule has 0 saturated carbocycles. The molecule has 2 unspecified atom stereocenters. The van der Waals surface area contributed by atoms with Crippen molar-refractivity contribution in [2.45, 2.75) is 39.4 Å². The fourth-order valence-corrected chi connectivity index (χ4v) is 3.81. The molecule has 1 saturated heterocycles. The van der Waals surface area contributed by atoms with Gasteiger partial charge in [-0.05, 0) is 32.4 Å². The summed E-state index contributed by atoms with van der Waals surface area (Å²) in [6.45, 7) is 6.21. The molecule has 8 nitrogen and oxygen atoms in total. The number of pyridine rings is 1. The van der Waals surface area contributed by atoms with Gasteiger partial charge in [0.2, 0.25) is 5.91 Å². The Morgan fingerprint density at radius 1 is 1.33 bits per heavy atom. The third-order valence-electron chi connectivity index (χ3n) is 3.54. The van der Waals surface area contributed by atoms with Crippen molar-refractivity contribution in [3.63, 3.8) is 0 Å². The average Bonchev–Trinajstić information content (AvgIpc) is 2.48. The summed E-state index contributed by atoms with van der Waals surface area (Å²) < 4.78 is 33.9. The Balaban J connectivity index is 1.79. The van der Waals surface area contributed by atoms with Crippen molar-refractivity contribution in [2.24, 2.45) is 0 Å². The topological polar surface area (TPSA) is 101 Å². The first-order valence-electron chi connectivity index (χ1n) is 7.89. The monoisotopic (exact) mass is 356 g/mol. The Labute approximate surface area is 142 Å². The molecule has 9 heteroatoms. The minimum absolute atomic E-state index is 0.0279. The van der Waals surface area contributed by atoms with E-state index in [0.29, 0.717) is 18.9 Å². The number of amides is 1. The second kappa shape index (κ2) is 8.02. The van der Waals surface area contributed by atoms with Crippen LogP contribution in [0.2, 0.25) is 0 Å². The first-order valence-corrected chi connectivity index (χ1v) is 9.33. The van der Waals surface area contributed by atoms with Gasteiger partial charge < -0.3 is 10.1 Å². The zero-order valence-electron chi connectivity index (χ0n) is 14.2. The molecule has 1 aliphatic heterocycles. The number of hydrogen-bond donors (Lipinski definition) is 2. The van der Waals surface area contributed by atoms with E-state index in [2.05, 4.69) is 15.0 Å². The second-order valence-corrected chi connectivity index (χ2v) is 7.75. The molecule has 1 fully saturated rings. The van der Waals surface area contributed by atoms with Crippen LogP contribution in [0.25, 0.3) is 0 Å². The number of morpholine rings is 1. The maximum absolute atomic E-state index is 12.3. The maximum atomic E-state index is 12.3. The van der Waals surface area contributed by atoms with Crippen molar-refractivity contribution in [3.05, 3.63) is 23.9 Å². The van der Waals surface area contributed by atoms with Crippen LogP contribution in [0.15, 0.2) is 18.3 Å². The lowest BCUT2D eigenvalue weighted by Gasteiger charge is -2.34. The predicted molar refractivity (Wildman–Crippen MR) is 90.7 cm³/mol. The molecule has 0 aromatic carbocycles. The molecule has 2 N–H and O–H groups in total. The molecule has 1 aliphatic rings. The number of nitrogens with one attached hydrogen (secondary N) is 2. The smallest absolute Gasteiger partial charge is 0.279 e. The molecule has 1 aromatic heterocycles. The van der Waals surface area contributed by atoms with Crippen molar-refractivity contribution in [3.8, 4) is 0 Å². The molecule has 0 spiro atoms. The van der Waals surface area contributed by atoms with Gasteiger partial charge in [0.25, 0.3) is 10.2 Å². The van der Waals surface area contributed by atoms with Gasteiger partial charge in [0.05, 0.1) is 12.2 Å². The first-order chi connectivity index (χ1) is 11.3. The zero-order chi connectivity index (χ0) is 17.7. The number of rotatable bonds is 6. The van der Waals surface area contributed by atoms with Crippen LogP contribution in [0.4, 0.5) is 5.82 Å². The van der Waals surface area contributed by atoms with Crippen LogP contribution in [-0.2, 0) is 19.7 Å². The number of nitrogens with zero attached hydrogens (tertiary/aromatic N) is 2. The maximum Gasteiger partial charge on any atom is 0.279 e. The molecule has 0 bridgehead atoms. The van der Waals surface area contributed by atoms with Crippen molar-refractivity contribution in [1.82, 2.24) is 14.0 Å². The van der Waals surface area contributed by atoms with Gasteiger partial charge in [-0.2, -0.15) is 12.7 Å². The summed E-state index contributed by atoms with van der Waals surface area (Å²) in [7, 11) is -3.62. The highest BCUT2D eigenvalue weighted by Gasteiger charge is 2.30. The first kappa shape index (κ1) is 18.8. The van der Waals surface area contributed by atoms with Gasteiger partial charge >= 0.3 is 0 Å². The Morgan fingerprint density at radius 2 is 2.00 bits per heavy atom. The SMILES string of the molecule is Cc1ccc(NC(=O)CCNS(=O)(=O)N2CC(C)OC(C)C2)nc1. The number of carbonyl (C=O) groups excluding carboxylic acids is 1. The lowest BCUT2D eigenvalue weighted by molar-refractivity contribution is -0.116. The lowest BCUT2D eigenvalue weighted by Crippen LogP contribution is -2.52. The fourth-order valence-electron chi connectivity index (χ4n) is 2.46. The van der Waals surface area contributed by atoms with Crippen LogP contribution in [0.3, 0.4) is 0 Å². The fraction of sp³-hybridized carbons (Fsp3) is 0.600. The molecule has 2 atom stereocenters. The molecular weight excluding hydrogens is 332 g/mol. The summed E-state index contributed by atoms with van der Waals surface area (Å²) in [4.78, 5) is 15.9. The summed E-state index contributed by atoms with van der Waals surface area (Å²) >= 11 is 0. The third kappa shape index (κ3) is 5.52. The highest BCUT2D eigenvalue weighted by atomic mass is 32.2. The highest BCUT2D eigenvalue weighted by Crippen LogP contribution is 2.13. The number of aromatic nitrogens is 1. The van der Waals surface area contributed by atoms with E-state index < -0.39 is 10.2 Å². The standard InChI is InChI=1S/C15H24N4O4S/c1-11-4-5-14(16-8-11)18-15(20)6-7-17-24(21,22)19-9-12(2)23-13(3)10-19/h4-5,8,12-13,17H,6-7,9-10H2,1-3H3,(H,16,18,20). The van der Waals surface area contributed by atoms with Gasteiger partial charge in [-0.1, -0.05) is 6.07 Å². The zero-order valence-corrected chi connectivity index (χ0v) is 15.0. The highest BCUT2D eigenvalue weighted by molar-refractivity contribution is 7.87. The summed E-state index contributed by atoms with van der Waals surface area (Å²) in [5.41, 5.74) is 0.995. The van der Waals surface area contributed by atoms with Crippen LogP contribution in [0, 0.1) is 6.92 Å². The quantitative estimate of drug-likeness (QED) is 0.780. The van der Waals surface area contributed by atoms with Crippen molar-refractivity contribution >= 4 is 21.9 Å². The second-order valence-electron chi connectivity index (χ2n) is 5.99. The van der Waals surface area contributed by atoms with Gasteiger partial charge in [0.15, 0.2) is 0 Å². The van der Waals surface area contributed by atoms with E-state index in [1.165, 1.54) is 4.31 Å². The van der Waals surface area contributed by atoms with Gasteiger partial charge in [-0.25, -0.2) is 9.71 Å². The van der Waals surface area contributed by atoms with Gasteiger partial charge in [0.1, 0.15) is 5.82 Å². The largest absolute Gasteiger partial charge is 0.373 e. The van der Waals surface area contributed by atoms with Crippen molar-refractivity contribution < 1.29 is 17.9 Å². The van der Waals surface area contributed by atoms with E-state index in [4.69, 9.17) is 4.74 Å². The van der Waals surface area contributed by atoms with Crippen molar-refractivity contribution in [2.75, 3.05) is 25.0 Å². The molecule has 0 aliphatic carbocycles. The minimum Gasteiger partial charge on any atom is -0.373 e. The number of anilines is 1. The van der Waals surface area contributed by atoms with Gasteiger partial charge in [0, 0.05) is 32.3 Å². The van der Waals surface area contributed by atoms with Crippen LogP contribution in [0.5, 0.6) is 0 Å². The van der Waals surface area contributed by atoms with E-state index in [-0.39, 0.29) is 31.1 Å². The molecule has 1 amide bonds. The van der Waals surface area contributed by atoms with E-state index in [9.17, 15) is 13.2 Å². The normalized spacial score (nSPS) is 22.3. The Kier molecular flexibility index (Phi) is 6.27. The summed E-state index contributed by atoms with van der Waals surface area (Å²) in [5, 5.41) is 2.63. The number of hydrogen-bond acceptors (Lipinski definition) is 5. The predicted octanol–water partition coefficient (Wildman–Crippen LogP) is 0.662. The molecule has 0 radical (unpaired) electrons. The van der Waals surface area contributed by atoms with Crippen LogP contribution < -0.4 is 10.0 Å². The minimum atomic E-state index is -3.62. The molecule has 2 rings (SSSR count). The number of aryl methyl sites for hydroxylation is 1. The Bertz CT molecular complexity index is 653. The van der Waals surface area contributed by atoms with E-state index in [1.54, 1.807) is 12.3 Å². The molecular formula is C15H24N4O4S. The Hall–Kier alpha value is -1.55. The van der Waals surface area contributed by atoms with Gasteiger partial charge in [-0.15, -0.1) is 0 Å². The molecule has 134 valence electrons. The molecule has 24 heavy (non-hydrogen) atoms. The molecule has 2 heterocycles. The van der Waals surface area contributed by atoms with E-state index >= 15 is 0 Å². The number of ether oxygens (including phenoxy) is 1. The molecule has 1 aromatic rings. The van der Waals surface area contributed by atoms with Gasteiger partial charge in [-0.3, -0.25) is 4.79 Å². The summed E-state index contributed by atoms with van der Waals surface area (Å²) in [6, 6.07) is 3.54. The number of carbonyl (C=O) groups is 1. The summed E-state index contributed by atoms with van der Waals surface area (Å²) in [6.07, 6.45) is 1.38. The summed E-state index contributed by atoms with van der Waals surface area (Å²) in [5.74, 6) is 0.155. The van der Waals surface area contributed by atoms with Crippen molar-refractivity contribution in [1.29, 1.82) is 0 Å². The van der Waals surface area contributed by atoms with Crippen LogP contribution in [0.1, 0.15) is 25.8 Å². The van der Waals surface area contributed by atoms with Crippen LogP contribution in [-0.4, -0.2) is 55.5 Å². The third-order valence-corrected chi connectivity index (χ3v) is 5.09. The van der Waals surface area contributed by atoms with E-state index in [1.807, 2.05) is 26.8 Å². The average molecular weight is 356 g/mol. The van der Waals surface area contributed by atoms with Crippen LogP contribution >= 0.6 is 0 Å². The van der Waals surface area contributed by atoms with E-state index in [0.717, 1.165) is 5.56 Å². The Morgan fingerprint density at radius 3 is 2.58 bits per heavy atom.